The predicted molar refractivity (Wildman–Crippen MR) is 70.1 cm³/mol. The Kier molecular flexibility index (Phi) is 3.18. The third-order valence-corrected chi connectivity index (χ3v) is 3.94. The molecule has 1 aliphatic carbocycles. The number of rotatable bonds is 3. The number of fused-ring (bicyclic) bond motifs is 1. The molecule has 94 valence electrons. The molecule has 1 heterocycles. The molecule has 18 heavy (non-hydrogen) atoms. The van der Waals surface area contributed by atoms with E-state index in [0.717, 1.165) is 31.3 Å². The summed E-state index contributed by atoms with van der Waals surface area (Å²) in [7, 11) is 0. The van der Waals surface area contributed by atoms with E-state index in [1.807, 2.05) is 18.2 Å². The second-order valence-corrected chi connectivity index (χ2v) is 5.13. The maximum Gasteiger partial charge on any atom is 0.334 e. The van der Waals surface area contributed by atoms with Crippen molar-refractivity contribution in [3.8, 4) is 0 Å². The Morgan fingerprint density at radius 2 is 1.94 bits per heavy atom. The zero-order valence-corrected chi connectivity index (χ0v) is 10.5. The van der Waals surface area contributed by atoms with E-state index in [1.54, 1.807) is 0 Å². The van der Waals surface area contributed by atoms with E-state index < -0.39 is 0 Å². The Bertz CT molecular complexity index is 473. The minimum atomic E-state index is -0.0622. The van der Waals surface area contributed by atoms with E-state index in [0.29, 0.717) is 0 Å². The molecule has 2 aliphatic rings. The molecular formula is C16H18O2. The van der Waals surface area contributed by atoms with E-state index in [4.69, 9.17) is 4.74 Å². The molecule has 1 atom stereocenters. The molecular weight excluding hydrogens is 224 g/mol. The third-order valence-electron chi connectivity index (χ3n) is 3.94. The molecule has 0 aromatic heterocycles. The summed E-state index contributed by atoms with van der Waals surface area (Å²) in [5, 5.41) is 0. The Labute approximate surface area is 108 Å². The van der Waals surface area contributed by atoms with Crippen LogP contribution in [0.4, 0.5) is 0 Å². The highest BCUT2D eigenvalue weighted by atomic mass is 16.5. The lowest BCUT2D eigenvalue weighted by molar-refractivity contribution is -0.140. The van der Waals surface area contributed by atoms with Crippen LogP contribution >= 0.6 is 0 Å². The minimum Gasteiger partial charge on any atom is -0.454 e. The molecule has 0 amide bonds. The van der Waals surface area contributed by atoms with Crippen LogP contribution in [0.5, 0.6) is 0 Å². The molecule has 2 nitrogen and oxygen atoms in total. The topological polar surface area (TPSA) is 26.3 Å². The van der Waals surface area contributed by atoms with Gasteiger partial charge in [-0.25, -0.2) is 4.79 Å². The summed E-state index contributed by atoms with van der Waals surface area (Å²) in [6.45, 7) is 0. The van der Waals surface area contributed by atoms with Gasteiger partial charge in [0.1, 0.15) is 6.10 Å². The molecule has 0 saturated heterocycles. The molecule has 0 N–H and O–H groups in total. The maximum absolute atomic E-state index is 11.9. The lowest BCUT2D eigenvalue weighted by Crippen LogP contribution is -2.15. The van der Waals surface area contributed by atoms with Crippen molar-refractivity contribution in [3.05, 3.63) is 47.0 Å². The molecule has 1 fully saturated rings. The van der Waals surface area contributed by atoms with Gasteiger partial charge in [-0.2, -0.15) is 0 Å². The van der Waals surface area contributed by atoms with Crippen LogP contribution in [0.1, 0.15) is 37.7 Å². The first-order chi connectivity index (χ1) is 8.84. The number of ether oxygens (including phenoxy) is 1. The molecule has 1 saturated carbocycles. The summed E-state index contributed by atoms with van der Waals surface area (Å²) < 4.78 is 5.45. The van der Waals surface area contributed by atoms with Crippen LogP contribution in [0.3, 0.4) is 0 Å². The van der Waals surface area contributed by atoms with Gasteiger partial charge in [-0.15, -0.1) is 0 Å². The number of benzene rings is 1. The van der Waals surface area contributed by atoms with Crippen molar-refractivity contribution in [1.82, 2.24) is 0 Å². The van der Waals surface area contributed by atoms with Gasteiger partial charge in [0.15, 0.2) is 0 Å². The Morgan fingerprint density at radius 3 is 2.78 bits per heavy atom. The summed E-state index contributed by atoms with van der Waals surface area (Å²) >= 11 is 0. The predicted octanol–water partition coefficient (Wildman–Crippen LogP) is 3.42. The van der Waals surface area contributed by atoms with Crippen LogP contribution in [-0.4, -0.2) is 12.1 Å². The first kappa shape index (κ1) is 11.5. The van der Waals surface area contributed by atoms with Crippen molar-refractivity contribution in [2.45, 2.75) is 44.6 Å². The van der Waals surface area contributed by atoms with Gasteiger partial charge >= 0.3 is 5.97 Å². The monoisotopic (exact) mass is 242 g/mol. The second kappa shape index (κ2) is 4.97. The molecule has 2 heteroatoms. The van der Waals surface area contributed by atoms with Crippen molar-refractivity contribution in [2.24, 2.45) is 0 Å². The van der Waals surface area contributed by atoms with Crippen molar-refractivity contribution in [2.75, 3.05) is 0 Å². The molecule has 0 spiro atoms. The van der Waals surface area contributed by atoms with E-state index in [2.05, 4.69) is 12.1 Å². The normalized spacial score (nSPS) is 22.9. The van der Waals surface area contributed by atoms with Crippen LogP contribution in [0.2, 0.25) is 0 Å². The summed E-state index contributed by atoms with van der Waals surface area (Å²) in [4.78, 5) is 11.9. The first-order valence-electron chi connectivity index (χ1n) is 6.81. The lowest BCUT2D eigenvalue weighted by Gasteiger charge is -2.19. The number of esters is 1. The fourth-order valence-electron chi connectivity index (χ4n) is 2.96. The van der Waals surface area contributed by atoms with Crippen molar-refractivity contribution < 1.29 is 9.53 Å². The van der Waals surface area contributed by atoms with E-state index in [1.165, 1.54) is 24.0 Å². The van der Waals surface area contributed by atoms with Gasteiger partial charge in [0.05, 0.1) is 0 Å². The lowest BCUT2D eigenvalue weighted by atomic mass is 9.88. The van der Waals surface area contributed by atoms with Crippen LogP contribution < -0.4 is 0 Å². The second-order valence-electron chi connectivity index (χ2n) is 5.13. The van der Waals surface area contributed by atoms with E-state index in [9.17, 15) is 4.79 Å². The molecule has 3 rings (SSSR count). The van der Waals surface area contributed by atoms with Crippen molar-refractivity contribution >= 4 is 5.97 Å². The Balaban J connectivity index is 1.73. The zero-order chi connectivity index (χ0) is 12.4. The van der Waals surface area contributed by atoms with Crippen LogP contribution in [0.15, 0.2) is 41.5 Å². The van der Waals surface area contributed by atoms with E-state index >= 15 is 0 Å². The Morgan fingerprint density at radius 1 is 1.11 bits per heavy atom. The maximum atomic E-state index is 11.9. The van der Waals surface area contributed by atoms with Gasteiger partial charge in [0, 0.05) is 5.57 Å². The number of carbonyl (C=O) groups is 1. The summed E-state index contributed by atoms with van der Waals surface area (Å²) in [6.07, 6.45) is 6.34. The molecule has 1 aromatic rings. The first-order valence-corrected chi connectivity index (χ1v) is 6.81. The summed E-state index contributed by atoms with van der Waals surface area (Å²) in [5.74, 6) is -0.0622. The van der Waals surface area contributed by atoms with Crippen LogP contribution in [0.25, 0.3) is 0 Å². The standard InChI is InChI=1S/C16H18O2/c17-16-14(11-10-12-6-2-1-3-7-12)13-8-4-5-9-15(13)18-16/h1-3,6-7,15H,4-5,8-11H2. The highest BCUT2D eigenvalue weighted by molar-refractivity contribution is 5.92. The minimum absolute atomic E-state index is 0.0622. The quantitative estimate of drug-likeness (QED) is 0.759. The fraction of sp³-hybridized carbons (Fsp3) is 0.438. The Hall–Kier alpha value is -1.57. The molecule has 0 radical (unpaired) electrons. The average Bonchev–Trinajstić information content (AvgIpc) is 2.73. The van der Waals surface area contributed by atoms with Crippen molar-refractivity contribution in [1.29, 1.82) is 0 Å². The van der Waals surface area contributed by atoms with Gasteiger partial charge in [0.2, 0.25) is 0 Å². The van der Waals surface area contributed by atoms with Crippen molar-refractivity contribution in [3.63, 3.8) is 0 Å². The van der Waals surface area contributed by atoms with Crippen LogP contribution in [0, 0.1) is 0 Å². The third kappa shape index (κ3) is 2.20. The highest BCUT2D eigenvalue weighted by Gasteiger charge is 2.34. The van der Waals surface area contributed by atoms with Gasteiger partial charge in [0.25, 0.3) is 0 Å². The van der Waals surface area contributed by atoms with Gasteiger partial charge in [-0.1, -0.05) is 30.3 Å². The van der Waals surface area contributed by atoms with E-state index in [-0.39, 0.29) is 12.1 Å². The highest BCUT2D eigenvalue weighted by Crippen LogP contribution is 2.36. The summed E-state index contributed by atoms with van der Waals surface area (Å²) in [6, 6.07) is 10.3. The fourth-order valence-corrected chi connectivity index (χ4v) is 2.96. The SMILES string of the molecule is O=C1OC2CCCCC2=C1CCc1ccccc1. The number of aryl methyl sites for hydroxylation is 1. The van der Waals surface area contributed by atoms with Crippen LogP contribution in [-0.2, 0) is 16.0 Å². The smallest absolute Gasteiger partial charge is 0.334 e. The molecule has 1 unspecified atom stereocenters. The number of carbonyl (C=O) groups excluding carboxylic acids is 1. The number of hydrogen-bond acceptors (Lipinski definition) is 2. The summed E-state index contributed by atoms with van der Waals surface area (Å²) in [5.41, 5.74) is 3.54. The molecule has 1 aliphatic heterocycles. The zero-order valence-electron chi connectivity index (χ0n) is 10.5. The van der Waals surface area contributed by atoms with Gasteiger partial charge in [-0.3, -0.25) is 0 Å². The van der Waals surface area contributed by atoms with Gasteiger partial charge in [-0.05, 0) is 49.7 Å². The molecule has 0 bridgehead atoms. The largest absolute Gasteiger partial charge is 0.454 e. The van der Waals surface area contributed by atoms with Gasteiger partial charge < -0.3 is 4.74 Å². The number of hydrogen-bond donors (Lipinski definition) is 0. The molecule has 1 aromatic carbocycles. The average molecular weight is 242 g/mol.